The minimum Gasteiger partial charge on any atom is -0.493 e. The molecule has 1 unspecified atom stereocenters. The molecule has 1 aromatic carbocycles. The van der Waals surface area contributed by atoms with E-state index in [1.807, 2.05) is 23.9 Å². The van der Waals surface area contributed by atoms with Gasteiger partial charge in [-0.3, -0.25) is 0 Å². The first-order valence-electron chi connectivity index (χ1n) is 6.29. The Morgan fingerprint density at radius 3 is 2.59 bits per heavy atom. The monoisotopic (exact) mass is 253 g/mol. The van der Waals surface area contributed by atoms with Gasteiger partial charge in [0.15, 0.2) is 0 Å². The first kappa shape index (κ1) is 14.4. The van der Waals surface area contributed by atoms with Gasteiger partial charge in [-0.05, 0) is 37.1 Å². The molecule has 0 heterocycles. The molecule has 0 radical (unpaired) electrons. The van der Waals surface area contributed by atoms with Gasteiger partial charge in [-0.15, -0.1) is 0 Å². The van der Waals surface area contributed by atoms with Gasteiger partial charge >= 0.3 is 0 Å². The fraction of sp³-hybridized carbons (Fsp3) is 0.571. The highest BCUT2D eigenvalue weighted by Gasteiger charge is 1.99. The Morgan fingerprint density at radius 1 is 1.29 bits per heavy atom. The fourth-order valence-electron chi connectivity index (χ4n) is 1.45. The second-order valence-corrected chi connectivity index (χ2v) is 5.67. The zero-order chi connectivity index (χ0) is 12.5. The van der Waals surface area contributed by atoms with Crippen molar-refractivity contribution in [2.75, 3.05) is 18.9 Å². The van der Waals surface area contributed by atoms with Crippen molar-refractivity contribution in [3.63, 3.8) is 0 Å². The summed E-state index contributed by atoms with van der Waals surface area (Å²) in [6.07, 6.45) is 2.16. The molecule has 0 fully saturated rings. The van der Waals surface area contributed by atoms with E-state index < -0.39 is 0 Å². The van der Waals surface area contributed by atoms with E-state index in [0.29, 0.717) is 6.54 Å². The van der Waals surface area contributed by atoms with Crippen LogP contribution in [-0.2, 0) is 6.42 Å². The van der Waals surface area contributed by atoms with Gasteiger partial charge in [-0.1, -0.05) is 26.0 Å². The molecule has 1 rings (SSSR count). The summed E-state index contributed by atoms with van der Waals surface area (Å²) in [6, 6.07) is 8.23. The summed E-state index contributed by atoms with van der Waals surface area (Å²) in [6.45, 7) is 5.96. The van der Waals surface area contributed by atoms with Crippen LogP contribution in [0.2, 0.25) is 0 Å². The maximum atomic E-state index is 5.68. The predicted molar refractivity (Wildman–Crippen MR) is 76.9 cm³/mol. The van der Waals surface area contributed by atoms with Crippen LogP contribution in [0.25, 0.3) is 0 Å². The second kappa shape index (κ2) is 8.43. The number of thioether (sulfide) groups is 1. The van der Waals surface area contributed by atoms with Gasteiger partial charge in [-0.25, -0.2) is 0 Å². The van der Waals surface area contributed by atoms with E-state index in [9.17, 15) is 0 Å². The molecule has 2 N–H and O–H groups in total. The molecule has 0 aliphatic heterocycles. The highest BCUT2D eigenvalue weighted by molar-refractivity contribution is 7.99. The molecular weight excluding hydrogens is 230 g/mol. The summed E-state index contributed by atoms with van der Waals surface area (Å²) in [7, 11) is 0. The van der Waals surface area contributed by atoms with Crippen LogP contribution in [0.1, 0.15) is 25.8 Å². The van der Waals surface area contributed by atoms with E-state index >= 15 is 0 Å². The lowest BCUT2D eigenvalue weighted by Gasteiger charge is -2.09. The Hall–Kier alpha value is -0.670. The molecule has 0 aromatic heterocycles. The van der Waals surface area contributed by atoms with Crippen molar-refractivity contribution in [2.24, 2.45) is 5.73 Å². The van der Waals surface area contributed by atoms with Crippen LogP contribution in [0.5, 0.6) is 5.75 Å². The predicted octanol–water partition coefficient (Wildman–Crippen LogP) is 3.10. The lowest BCUT2D eigenvalue weighted by Crippen LogP contribution is -2.04. The molecule has 0 aliphatic rings. The molecule has 1 aromatic rings. The number of benzene rings is 1. The van der Waals surface area contributed by atoms with Crippen molar-refractivity contribution in [3.8, 4) is 5.75 Å². The van der Waals surface area contributed by atoms with Crippen LogP contribution in [0.15, 0.2) is 24.3 Å². The first-order chi connectivity index (χ1) is 8.26. The summed E-state index contributed by atoms with van der Waals surface area (Å²) >= 11 is 1.97. The van der Waals surface area contributed by atoms with Crippen LogP contribution in [-0.4, -0.2) is 24.2 Å². The largest absolute Gasteiger partial charge is 0.493 e. The van der Waals surface area contributed by atoms with Crippen molar-refractivity contribution in [1.82, 2.24) is 0 Å². The molecular formula is C14H23NOS. The van der Waals surface area contributed by atoms with Crippen LogP contribution < -0.4 is 10.5 Å². The van der Waals surface area contributed by atoms with E-state index in [1.54, 1.807) is 0 Å². The molecule has 0 aliphatic carbocycles. The maximum Gasteiger partial charge on any atom is 0.119 e. The third-order valence-corrected chi connectivity index (χ3v) is 3.99. The SMILES string of the molecule is CCC(C)SCCOc1ccc(CCN)cc1. The number of ether oxygens (including phenoxy) is 1. The molecule has 0 saturated carbocycles. The normalized spacial score (nSPS) is 12.4. The van der Waals surface area contributed by atoms with E-state index in [1.165, 1.54) is 12.0 Å². The van der Waals surface area contributed by atoms with Gasteiger partial charge in [0.2, 0.25) is 0 Å². The van der Waals surface area contributed by atoms with E-state index in [0.717, 1.165) is 29.8 Å². The van der Waals surface area contributed by atoms with Crippen LogP contribution in [0.4, 0.5) is 0 Å². The zero-order valence-corrected chi connectivity index (χ0v) is 11.6. The molecule has 2 nitrogen and oxygen atoms in total. The Bertz CT molecular complexity index is 300. The van der Waals surface area contributed by atoms with Gasteiger partial charge < -0.3 is 10.5 Å². The second-order valence-electron chi connectivity index (χ2n) is 4.12. The lowest BCUT2D eigenvalue weighted by molar-refractivity contribution is 0.343. The van der Waals surface area contributed by atoms with E-state index in [2.05, 4.69) is 26.0 Å². The summed E-state index contributed by atoms with van der Waals surface area (Å²) in [5.74, 6) is 2.01. The van der Waals surface area contributed by atoms with Crippen molar-refractivity contribution < 1.29 is 4.74 Å². The highest BCUT2D eigenvalue weighted by Crippen LogP contribution is 2.15. The Kier molecular flexibility index (Phi) is 7.13. The lowest BCUT2D eigenvalue weighted by atomic mass is 10.1. The summed E-state index contributed by atoms with van der Waals surface area (Å²) in [4.78, 5) is 0. The summed E-state index contributed by atoms with van der Waals surface area (Å²) in [5, 5.41) is 0.727. The van der Waals surface area contributed by atoms with Crippen LogP contribution in [0.3, 0.4) is 0 Å². The van der Waals surface area contributed by atoms with Crippen LogP contribution in [0, 0.1) is 0 Å². The molecule has 96 valence electrons. The maximum absolute atomic E-state index is 5.68. The van der Waals surface area contributed by atoms with Crippen molar-refractivity contribution in [1.29, 1.82) is 0 Å². The third-order valence-electron chi connectivity index (χ3n) is 2.69. The van der Waals surface area contributed by atoms with Gasteiger partial charge in [0, 0.05) is 11.0 Å². The quantitative estimate of drug-likeness (QED) is 0.723. The van der Waals surface area contributed by atoms with Crippen molar-refractivity contribution in [2.45, 2.75) is 31.9 Å². The van der Waals surface area contributed by atoms with E-state index in [-0.39, 0.29) is 0 Å². The van der Waals surface area contributed by atoms with Crippen LogP contribution >= 0.6 is 11.8 Å². The number of rotatable bonds is 8. The van der Waals surface area contributed by atoms with Crippen molar-refractivity contribution >= 4 is 11.8 Å². The molecule has 1 atom stereocenters. The number of nitrogens with two attached hydrogens (primary N) is 1. The first-order valence-corrected chi connectivity index (χ1v) is 7.34. The summed E-state index contributed by atoms with van der Waals surface area (Å²) in [5.41, 5.74) is 6.78. The minimum atomic E-state index is 0.700. The van der Waals surface area contributed by atoms with Gasteiger partial charge in [0.05, 0.1) is 6.61 Å². The Balaban J connectivity index is 2.23. The molecule has 0 bridgehead atoms. The fourth-order valence-corrected chi connectivity index (χ4v) is 2.26. The average molecular weight is 253 g/mol. The zero-order valence-electron chi connectivity index (χ0n) is 10.8. The van der Waals surface area contributed by atoms with Gasteiger partial charge in [0.1, 0.15) is 5.75 Å². The molecule has 17 heavy (non-hydrogen) atoms. The minimum absolute atomic E-state index is 0.700. The van der Waals surface area contributed by atoms with Crippen molar-refractivity contribution in [3.05, 3.63) is 29.8 Å². The average Bonchev–Trinajstić information content (AvgIpc) is 2.36. The molecule has 0 saturated heterocycles. The summed E-state index contributed by atoms with van der Waals surface area (Å²) < 4.78 is 5.68. The molecule has 0 amide bonds. The van der Waals surface area contributed by atoms with Gasteiger partial charge in [-0.2, -0.15) is 11.8 Å². The number of hydrogen-bond donors (Lipinski definition) is 1. The Morgan fingerprint density at radius 2 is 2.00 bits per heavy atom. The van der Waals surface area contributed by atoms with E-state index in [4.69, 9.17) is 10.5 Å². The Labute approximate surface area is 109 Å². The molecule has 0 spiro atoms. The standard InChI is InChI=1S/C14H23NOS/c1-3-12(2)17-11-10-16-14-6-4-13(5-7-14)8-9-15/h4-7,12H,3,8-11,15H2,1-2H3. The number of hydrogen-bond acceptors (Lipinski definition) is 3. The smallest absolute Gasteiger partial charge is 0.119 e. The topological polar surface area (TPSA) is 35.2 Å². The molecule has 3 heteroatoms. The van der Waals surface area contributed by atoms with Gasteiger partial charge in [0.25, 0.3) is 0 Å². The third kappa shape index (κ3) is 5.99. The highest BCUT2D eigenvalue weighted by atomic mass is 32.2.